The zero-order valence-electron chi connectivity index (χ0n) is 9.77. The van der Waals surface area contributed by atoms with Gasteiger partial charge in [0.05, 0.1) is 22.7 Å². The van der Waals surface area contributed by atoms with Crippen LogP contribution in [0.2, 0.25) is 5.02 Å². The lowest BCUT2D eigenvalue weighted by Crippen LogP contribution is -2.05. The summed E-state index contributed by atoms with van der Waals surface area (Å²) in [5.41, 5.74) is -0.839. The fourth-order valence-electron chi connectivity index (χ4n) is 1.75. The van der Waals surface area contributed by atoms with Crippen LogP contribution in [-0.2, 0) is 10.9 Å². The van der Waals surface area contributed by atoms with E-state index in [4.69, 9.17) is 16.3 Å². The first-order chi connectivity index (χ1) is 8.84. The van der Waals surface area contributed by atoms with Gasteiger partial charge in [-0.05, 0) is 25.1 Å². The zero-order valence-corrected chi connectivity index (χ0v) is 10.5. The molecule has 0 fully saturated rings. The van der Waals surface area contributed by atoms with Crippen LogP contribution in [0.1, 0.15) is 23.0 Å². The molecule has 1 aromatic heterocycles. The standard InChI is InChI=1S/C12H9ClF3NO2/c1-2-19-11(18)9-5-6-7(12(14,15)16)3-4-8(13)10(6)17-9/h3-5,17H,2H2,1H3. The third-order valence-corrected chi connectivity index (χ3v) is 2.86. The Bertz CT molecular complexity index is 634. The van der Waals surface area contributed by atoms with Gasteiger partial charge in [0, 0.05) is 5.39 Å². The van der Waals surface area contributed by atoms with Crippen LogP contribution >= 0.6 is 11.6 Å². The highest BCUT2D eigenvalue weighted by molar-refractivity contribution is 6.35. The topological polar surface area (TPSA) is 42.1 Å². The molecular formula is C12H9ClF3NO2. The highest BCUT2D eigenvalue weighted by Crippen LogP contribution is 2.37. The summed E-state index contributed by atoms with van der Waals surface area (Å²) >= 11 is 5.82. The number of nitrogens with one attached hydrogen (secondary N) is 1. The molecule has 2 aromatic rings. The molecule has 0 saturated carbocycles. The predicted octanol–water partition coefficient (Wildman–Crippen LogP) is 4.02. The summed E-state index contributed by atoms with van der Waals surface area (Å²) in [6.07, 6.45) is -4.52. The first kappa shape index (κ1) is 13.7. The first-order valence-electron chi connectivity index (χ1n) is 5.40. The van der Waals surface area contributed by atoms with Crippen molar-refractivity contribution in [1.82, 2.24) is 4.98 Å². The lowest BCUT2D eigenvalue weighted by Gasteiger charge is -2.08. The predicted molar refractivity (Wildman–Crippen MR) is 64.3 cm³/mol. The monoisotopic (exact) mass is 291 g/mol. The van der Waals surface area contributed by atoms with E-state index in [2.05, 4.69) is 4.98 Å². The van der Waals surface area contributed by atoms with Crippen LogP contribution in [0.15, 0.2) is 18.2 Å². The fourth-order valence-corrected chi connectivity index (χ4v) is 1.96. The van der Waals surface area contributed by atoms with E-state index in [0.717, 1.165) is 18.2 Å². The van der Waals surface area contributed by atoms with Crippen LogP contribution in [0, 0.1) is 0 Å². The summed E-state index contributed by atoms with van der Waals surface area (Å²) in [5, 5.41) is -0.0402. The van der Waals surface area contributed by atoms with E-state index in [0.29, 0.717) is 0 Å². The van der Waals surface area contributed by atoms with Crippen molar-refractivity contribution in [3.63, 3.8) is 0 Å². The lowest BCUT2D eigenvalue weighted by molar-refractivity contribution is -0.136. The molecular weight excluding hydrogens is 283 g/mol. The Morgan fingerprint density at radius 2 is 2.11 bits per heavy atom. The quantitative estimate of drug-likeness (QED) is 0.849. The van der Waals surface area contributed by atoms with E-state index in [9.17, 15) is 18.0 Å². The number of ether oxygens (including phenoxy) is 1. The van der Waals surface area contributed by atoms with Crippen LogP contribution in [0.3, 0.4) is 0 Å². The molecule has 102 valence electrons. The number of H-pyrrole nitrogens is 1. The number of carbonyl (C=O) groups excluding carboxylic acids is 1. The van der Waals surface area contributed by atoms with Gasteiger partial charge >= 0.3 is 12.1 Å². The summed E-state index contributed by atoms with van der Waals surface area (Å²) in [4.78, 5) is 14.1. The van der Waals surface area contributed by atoms with Crippen molar-refractivity contribution in [1.29, 1.82) is 0 Å². The average Bonchev–Trinajstić information content (AvgIpc) is 2.73. The van der Waals surface area contributed by atoms with Gasteiger partial charge in [-0.15, -0.1) is 0 Å². The lowest BCUT2D eigenvalue weighted by atomic mass is 10.1. The molecule has 0 saturated heterocycles. The number of hydrogen-bond acceptors (Lipinski definition) is 2. The van der Waals surface area contributed by atoms with E-state index >= 15 is 0 Å². The summed E-state index contributed by atoms with van der Waals surface area (Å²) in [6, 6.07) is 3.12. The molecule has 0 amide bonds. The second kappa shape index (κ2) is 4.77. The third kappa shape index (κ3) is 2.53. The SMILES string of the molecule is CCOC(=O)c1cc2c(C(F)(F)F)ccc(Cl)c2[nH]1. The minimum Gasteiger partial charge on any atom is -0.461 e. The fraction of sp³-hybridized carbons (Fsp3) is 0.250. The smallest absolute Gasteiger partial charge is 0.417 e. The molecule has 0 aliphatic heterocycles. The van der Waals surface area contributed by atoms with Crippen LogP contribution in [-0.4, -0.2) is 17.6 Å². The molecule has 0 spiro atoms. The van der Waals surface area contributed by atoms with Gasteiger partial charge in [-0.2, -0.15) is 13.2 Å². The molecule has 0 aliphatic rings. The van der Waals surface area contributed by atoms with Crippen molar-refractivity contribution >= 4 is 28.5 Å². The van der Waals surface area contributed by atoms with Crippen molar-refractivity contribution < 1.29 is 22.7 Å². The van der Waals surface area contributed by atoms with Gasteiger partial charge in [0.1, 0.15) is 5.69 Å². The summed E-state index contributed by atoms with van der Waals surface area (Å²) in [5.74, 6) is -0.720. The van der Waals surface area contributed by atoms with Gasteiger partial charge in [0.15, 0.2) is 0 Å². The van der Waals surface area contributed by atoms with Crippen LogP contribution in [0.25, 0.3) is 10.9 Å². The Morgan fingerprint density at radius 3 is 2.68 bits per heavy atom. The molecule has 2 rings (SSSR count). The normalized spacial score (nSPS) is 11.8. The molecule has 0 radical (unpaired) electrons. The number of hydrogen-bond donors (Lipinski definition) is 1. The average molecular weight is 292 g/mol. The van der Waals surface area contributed by atoms with Gasteiger partial charge in [-0.25, -0.2) is 4.79 Å². The Morgan fingerprint density at radius 1 is 1.42 bits per heavy atom. The molecule has 19 heavy (non-hydrogen) atoms. The van der Waals surface area contributed by atoms with Crippen LogP contribution in [0.4, 0.5) is 13.2 Å². The molecule has 0 atom stereocenters. The van der Waals surface area contributed by atoms with E-state index in [1.165, 1.54) is 0 Å². The highest BCUT2D eigenvalue weighted by Gasteiger charge is 2.33. The Kier molecular flexibility index (Phi) is 3.45. The van der Waals surface area contributed by atoms with Gasteiger partial charge in [-0.3, -0.25) is 0 Å². The summed E-state index contributed by atoms with van der Waals surface area (Å²) in [6.45, 7) is 1.74. The molecule has 3 nitrogen and oxygen atoms in total. The maximum absolute atomic E-state index is 12.8. The van der Waals surface area contributed by atoms with E-state index in [-0.39, 0.29) is 28.2 Å². The Labute approximate surface area is 111 Å². The van der Waals surface area contributed by atoms with E-state index < -0.39 is 17.7 Å². The maximum Gasteiger partial charge on any atom is 0.417 e. The van der Waals surface area contributed by atoms with Gasteiger partial charge in [-0.1, -0.05) is 11.6 Å². The number of aromatic nitrogens is 1. The molecule has 0 bridgehead atoms. The molecule has 7 heteroatoms. The molecule has 0 unspecified atom stereocenters. The minimum absolute atomic E-state index is 0.0598. The number of benzene rings is 1. The molecule has 1 N–H and O–H groups in total. The van der Waals surface area contributed by atoms with Gasteiger partial charge in [0.25, 0.3) is 0 Å². The van der Waals surface area contributed by atoms with Crippen molar-refractivity contribution in [3.8, 4) is 0 Å². The first-order valence-corrected chi connectivity index (χ1v) is 5.78. The second-order valence-electron chi connectivity index (χ2n) is 3.78. The minimum atomic E-state index is -4.52. The largest absolute Gasteiger partial charge is 0.461 e. The number of halogens is 4. The van der Waals surface area contributed by atoms with E-state index in [1.54, 1.807) is 6.92 Å². The van der Waals surface area contributed by atoms with E-state index in [1.807, 2.05) is 0 Å². The molecule has 1 aromatic carbocycles. The maximum atomic E-state index is 12.8. The van der Waals surface area contributed by atoms with Crippen LogP contribution < -0.4 is 0 Å². The van der Waals surface area contributed by atoms with Gasteiger partial charge in [0.2, 0.25) is 0 Å². The summed E-state index contributed by atoms with van der Waals surface area (Å²) < 4.78 is 43.2. The number of alkyl halides is 3. The number of aromatic amines is 1. The number of esters is 1. The third-order valence-electron chi connectivity index (χ3n) is 2.54. The van der Waals surface area contributed by atoms with Crippen molar-refractivity contribution in [2.45, 2.75) is 13.1 Å². The molecule has 1 heterocycles. The van der Waals surface area contributed by atoms with Crippen molar-refractivity contribution in [2.75, 3.05) is 6.61 Å². The number of fused-ring (bicyclic) bond motifs is 1. The summed E-state index contributed by atoms with van der Waals surface area (Å²) in [7, 11) is 0. The second-order valence-corrected chi connectivity index (χ2v) is 4.19. The Balaban J connectivity index is 2.63. The van der Waals surface area contributed by atoms with Crippen LogP contribution in [0.5, 0.6) is 0 Å². The van der Waals surface area contributed by atoms with Crippen molar-refractivity contribution in [3.05, 3.63) is 34.5 Å². The highest BCUT2D eigenvalue weighted by atomic mass is 35.5. The number of carbonyl (C=O) groups is 1. The molecule has 0 aliphatic carbocycles. The van der Waals surface area contributed by atoms with Crippen molar-refractivity contribution in [2.24, 2.45) is 0 Å². The van der Waals surface area contributed by atoms with Gasteiger partial charge < -0.3 is 9.72 Å². The zero-order chi connectivity index (χ0) is 14.2. The number of rotatable bonds is 2. The Hall–Kier alpha value is -1.69.